The first-order chi connectivity index (χ1) is 13.7. The number of pyridine rings is 1. The molecule has 1 fully saturated rings. The van der Waals surface area contributed by atoms with Gasteiger partial charge in [-0.15, -0.1) is 0 Å². The summed E-state index contributed by atoms with van der Waals surface area (Å²) in [7, 11) is 0. The number of carbonyl (C=O) groups excluding carboxylic acids is 1. The summed E-state index contributed by atoms with van der Waals surface area (Å²) in [6, 6.07) is 11.9. The number of benzene rings is 1. The van der Waals surface area contributed by atoms with Crippen LogP contribution in [0.3, 0.4) is 0 Å². The van der Waals surface area contributed by atoms with Gasteiger partial charge in [-0.05, 0) is 43.2 Å². The van der Waals surface area contributed by atoms with Crippen LogP contribution in [0.4, 0.5) is 5.69 Å². The lowest BCUT2D eigenvalue weighted by Gasteiger charge is -2.23. The van der Waals surface area contributed by atoms with E-state index in [-0.39, 0.29) is 5.91 Å². The topological polar surface area (TPSA) is 69.0 Å². The maximum absolute atomic E-state index is 11.7. The van der Waals surface area contributed by atoms with Crippen LogP contribution in [0.1, 0.15) is 37.7 Å². The van der Waals surface area contributed by atoms with E-state index in [1.807, 2.05) is 43.5 Å². The summed E-state index contributed by atoms with van der Waals surface area (Å²) in [6.45, 7) is 4.40. The van der Waals surface area contributed by atoms with E-state index in [0.29, 0.717) is 18.8 Å². The molecule has 3 aromatic rings. The number of hydrogen-bond acceptors (Lipinski definition) is 4. The van der Waals surface area contributed by atoms with E-state index in [1.165, 1.54) is 6.42 Å². The SMILES string of the molecule is CCC(=O)Nc1ccc2c(c1)nc(Cc1ccccn1)n2CC1CCCOC1. The summed E-state index contributed by atoms with van der Waals surface area (Å²) in [5, 5.41) is 2.92. The van der Waals surface area contributed by atoms with Crippen molar-refractivity contribution in [1.82, 2.24) is 14.5 Å². The van der Waals surface area contributed by atoms with Crippen LogP contribution in [0.25, 0.3) is 11.0 Å². The maximum Gasteiger partial charge on any atom is 0.224 e. The third kappa shape index (κ3) is 4.22. The molecule has 28 heavy (non-hydrogen) atoms. The number of imidazole rings is 1. The smallest absolute Gasteiger partial charge is 0.224 e. The van der Waals surface area contributed by atoms with Gasteiger partial charge in [-0.2, -0.15) is 0 Å². The van der Waals surface area contributed by atoms with E-state index in [2.05, 4.69) is 20.9 Å². The van der Waals surface area contributed by atoms with Gasteiger partial charge in [0.05, 0.1) is 17.6 Å². The molecule has 1 amide bonds. The molecular weight excluding hydrogens is 352 g/mol. The highest BCUT2D eigenvalue weighted by Crippen LogP contribution is 2.25. The van der Waals surface area contributed by atoms with Gasteiger partial charge < -0.3 is 14.6 Å². The summed E-state index contributed by atoms with van der Waals surface area (Å²) < 4.78 is 7.98. The molecule has 1 aromatic carbocycles. The summed E-state index contributed by atoms with van der Waals surface area (Å²) in [6.07, 6.45) is 5.24. The summed E-state index contributed by atoms with van der Waals surface area (Å²) in [5.74, 6) is 1.50. The standard InChI is InChI=1S/C22H26N4O2/c1-2-22(27)24-18-8-9-20-19(12-18)25-21(13-17-7-3-4-10-23-17)26(20)14-16-6-5-11-28-15-16/h3-4,7-10,12,16H,2,5-6,11,13-15H2,1H3,(H,24,27). The molecule has 4 rings (SSSR count). The molecule has 0 saturated carbocycles. The molecule has 6 heteroatoms. The predicted octanol–water partition coefficient (Wildman–Crippen LogP) is 3.80. The third-order valence-corrected chi connectivity index (χ3v) is 5.19. The minimum absolute atomic E-state index is 0.00634. The fraction of sp³-hybridized carbons (Fsp3) is 0.409. The molecule has 1 atom stereocenters. The van der Waals surface area contributed by atoms with Crippen LogP contribution < -0.4 is 5.32 Å². The van der Waals surface area contributed by atoms with Crippen LogP contribution in [0.5, 0.6) is 0 Å². The molecule has 3 heterocycles. The van der Waals surface area contributed by atoms with Gasteiger partial charge in [-0.25, -0.2) is 4.98 Å². The van der Waals surface area contributed by atoms with Crippen LogP contribution in [0.2, 0.25) is 0 Å². The van der Waals surface area contributed by atoms with Crippen molar-refractivity contribution in [1.29, 1.82) is 0 Å². The van der Waals surface area contributed by atoms with E-state index in [0.717, 1.165) is 54.4 Å². The van der Waals surface area contributed by atoms with Crippen LogP contribution in [-0.4, -0.2) is 33.7 Å². The number of carbonyl (C=O) groups is 1. The molecule has 0 aliphatic carbocycles. The largest absolute Gasteiger partial charge is 0.381 e. The Morgan fingerprint density at radius 3 is 3.00 bits per heavy atom. The van der Waals surface area contributed by atoms with Gasteiger partial charge in [-0.3, -0.25) is 9.78 Å². The normalized spacial score (nSPS) is 17.0. The van der Waals surface area contributed by atoms with Crippen LogP contribution >= 0.6 is 0 Å². The number of aromatic nitrogens is 3. The maximum atomic E-state index is 11.7. The molecule has 1 saturated heterocycles. The summed E-state index contributed by atoms with van der Waals surface area (Å²) >= 11 is 0. The summed E-state index contributed by atoms with van der Waals surface area (Å²) in [5.41, 5.74) is 3.77. The fourth-order valence-electron chi connectivity index (χ4n) is 3.72. The predicted molar refractivity (Wildman–Crippen MR) is 109 cm³/mol. The Morgan fingerprint density at radius 1 is 1.32 bits per heavy atom. The second-order valence-electron chi connectivity index (χ2n) is 7.32. The van der Waals surface area contributed by atoms with Gasteiger partial charge in [-0.1, -0.05) is 13.0 Å². The molecule has 6 nitrogen and oxygen atoms in total. The number of hydrogen-bond donors (Lipinski definition) is 1. The van der Waals surface area contributed by atoms with Crippen molar-refractivity contribution in [2.75, 3.05) is 18.5 Å². The highest BCUT2D eigenvalue weighted by Gasteiger charge is 2.19. The van der Waals surface area contributed by atoms with Gasteiger partial charge in [0.2, 0.25) is 5.91 Å². The van der Waals surface area contributed by atoms with Crippen molar-refractivity contribution in [2.24, 2.45) is 5.92 Å². The number of fused-ring (bicyclic) bond motifs is 1. The molecule has 0 spiro atoms. The van der Waals surface area contributed by atoms with Crippen molar-refractivity contribution in [2.45, 2.75) is 39.2 Å². The molecule has 146 valence electrons. The van der Waals surface area contributed by atoms with Crippen molar-refractivity contribution in [3.05, 3.63) is 54.1 Å². The van der Waals surface area contributed by atoms with Crippen LogP contribution in [-0.2, 0) is 22.5 Å². The van der Waals surface area contributed by atoms with Gasteiger partial charge in [0.1, 0.15) is 5.82 Å². The molecule has 2 aromatic heterocycles. The van der Waals surface area contributed by atoms with Crippen LogP contribution in [0, 0.1) is 5.92 Å². The molecule has 1 aliphatic heterocycles. The Labute approximate surface area is 164 Å². The number of ether oxygens (including phenoxy) is 1. The van der Waals surface area contributed by atoms with Crippen molar-refractivity contribution in [3.63, 3.8) is 0 Å². The fourth-order valence-corrected chi connectivity index (χ4v) is 3.72. The zero-order chi connectivity index (χ0) is 19.3. The molecule has 1 unspecified atom stereocenters. The van der Waals surface area contributed by atoms with Gasteiger partial charge in [0.25, 0.3) is 0 Å². The number of rotatable bonds is 6. The van der Waals surface area contributed by atoms with Crippen molar-refractivity contribution >= 4 is 22.6 Å². The first-order valence-electron chi connectivity index (χ1n) is 9.99. The highest BCUT2D eigenvalue weighted by molar-refractivity contribution is 5.93. The Bertz CT molecular complexity index is 946. The van der Waals surface area contributed by atoms with Gasteiger partial charge >= 0.3 is 0 Å². The molecular formula is C22H26N4O2. The lowest BCUT2D eigenvalue weighted by Crippen LogP contribution is -2.23. The zero-order valence-corrected chi connectivity index (χ0v) is 16.2. The molecule has 1 N–H and O–H groups in total. The number of nitrogens with one attached hydrogen (secondary N) is 1. The van der Waals surface area contributed by atoms with E-state index in [4.69, 9.17) is 9.72 Å². The zero-order valence-electron chi connectivity index (χ0n) is 16.2. The average molecular weight is 378 g/mol. The highest BCUT2D eigenvalue weighted by atomic mass is 16.5. The third-order valence-electron chi connectivity index (χ3n) is 5.19. The lowest BCUT2D eigenvalue weighted by molar-refractivity contribution is -0.115. The lowest BCUT2D eigenvalue weighted by atomic mass is 10.0. The second kappa shape index (κ2) is 8.52. The van der Waals surface area contributed by atoms with E-state index in [1.54, 1.807) is 0 Å². The van der Waals surface area contributed by atoms with E-state index >= 15 is 0 Å². The quantitative estimate of drug-likeness (QED) is 0.708. The van der Waals surface area contributed by atoms with Crippen molar-refractivity contribution in [3.8, 4) is 0 Å². The Hall–Kier alpha value is -2.73. The number of nitrogens with zero attached hydrogens (tertiary/aromatic N) is 3. The summed E-state index contributed by atoms with van der Waals surface area (Å²) in [4.78, 5) is 21.1. The van der Waals surface area contributed by atoms with E-state index < -0.39 is 0 Å². The monoisotopic (exact) mass is 378 g/mol. The molecule has 0 radical (unpaired) electrons. The number of amides is 1. The molecule has 1 aliphatic rings. The number of anilines is 1. The van der Waals surface area contributed by atoms with Gasteiger partial charge in [0.15, 0.2) is 0 Å². The minimum Gasteiger partial charge on any atom is -0.381 e. The van der Waals surface area contributed by atoms with Gasteiger partial charge in [0, 0.05) is 49.5 Å². The van der Waals surface area contributed by atoms with E-state index in [9.17, 15) is 4.79 Å². The average Bonchev–Trinajstić information content (AvgIpc) is 3.05. The first-order valence-corrected chi connectivity index (χ1v) is 9.99. The molecule has 0 bridgehead atoms. The minimum atomic E-state index is 0.00634. The van der Waals surface area contributed by atoms with Crippen molar-refractivity contribution < 1.29 is 9.53 Å². The second-order valence-corrected chi connectivity index (χ2v) is 7.32. The van der Waals surface area contributed by atoms with Crippen LogP contribution in [0.15, 0.2) is 42.6 Å². The first kappa shape index (κ1) is 18.6. The Balaban J connectivity index is 1.68. The Kier molecular flexibility index (Phi) is 5.67. The Morgan fingerprint density at radius 2 is 2.25 bits per heavy atom.